The lowest BCUT2D eigenvalue weighted by Gasteiger charge is -2.14. The molecule has 1 aliphatic heterocycles. The molecule has 110 valence electrons. The number of rotatable bonds is 5. The lowest BCUT2D eigenvalue weighted by atomic mass is 10.1. The molecule has 1 aromatic heterocycles. The Hall–Kier alpha value is -1.62. The summed E-state index contributed by atoms with van der Waals surface area (Å²) in [6.45, 7) is 8.22. The van der Waals surface area contributed by atoms with Crippen LogP contribution in [0.4, 0.5) is 5.82 Å². The fourth-order valence-electron chi connectivity index (χ4n) is 2.63. The second-order valence-electron chi connectivity index (χ2n) is 5.38. The SMILES string of the molecule is CCc1cc(C(=O)NCC2CCN(CC)C2)cc(N)n1. The molecule has 20 heavy (non-hydrogen) atoms. The van der Waals surface area contributed by atoms with Gasteiger partial charge in [-0.1, -0.05) is 13.8 Å². The molecule has 1 aromatic rings. The van der Waals surface area contributed by atoms with Crippen molar-refractivity contribution in [3.8, 4) is 0 Å². The zero-order chi connectivity index (χ0) is 14.5. The molecule has 0 bridgehead atoms. The summed E-state index contributed by atoms with van der Waals surface area (Å²) in [6, 6.07) is 3.46. The Kier molecular flexibility index (Phi) is 4.95. The van der Waals surface area contributed by atoms with E-state index in [9.17, 15) is 4.79 Å². The molecule has 1 saturated heterocycles. The number of aryl methyl sites for hydroxylation is 1. The number of nitrogens with two attached hydrogens (primary N) is 1. The summed E-state index contributed by atoms with van der Waals surface area (Å²) in [5.74, 6) is 0.917. The van der Waals surface area contributed by atoms with Crippen molar-refractivity contribution in [2.75, 3.05) is 31.9 Å². The van der Waals surface area contributed by atoms with Crippen LogP contribution in [0.25, 0.3) is 0 Å². The van der Waals surface area contributed by atoms with Gasteiger partial charge >= 0.3 is 0 Å². The molecule has 1 fully saturated rings. The van der Waals surface area contributed by atoms with E-state index in [1.807, 2.05) is 13.0 Å². The van der Waals surface area contributed by atoms with Crippen LogP contribution in [-0.2, 0) is 6.42 Å². The molecule has 1 aliphatic rings. The molecule has 0 spiro atoms. The van der Waals surface area contributed by atoms with E-state index in [1.54, 1.807) is 6.07 Å². The Bertz CT molecular complexity index is 475. The summed E-state index contributed by atoms with van der Waals surface area (Å²) in [5.41, 5.74) is 7.20. The number of amides is 1. The largest absolute Gasteiger partial charge is 0.384 e. The molecule has 5 heteroatoms. The van der Waals surface area contributed by atoms with Gasteiger partial charge in [0.2, 0.25) is 0 Å². The van der Waals surface area contributed by atoms with Crippen molar-refractivity contribution < 1.29 is 4.79 Å². The van der Waals surface area contributed by atoms with Crippen LogP contribution in [-0.4, -0.2) is 42.0 Å². The number of hydrogen-bond donors (Lipinski definition) is 2. The van der Waals surface area contributed by atoms with Gasteiger partial charge < -0.3 is 16.0 Å². The van der Waals surface area contributed by atoms with Crippen LogP contribution in [0.1, 0.15) is 36.3 Å². The van der Waals surface area contributed by atoms with Crippen LogP contribution in [0.5, 0.6) is 0 Å². The minimum atomic E-state index is -0.0521. The van der Waals surface area contributed by atoms with Gasteiger partial charge in [0.1, 0.15) is 5.82 Å². The van der Waals surface area contributed by atoms with Crippen molar-refractivity contribution in [1.82, 2.24) is 15.2 Å². The van der Waals surface area contributed by atoms with Gasteiger partial charge in [0.05, 0.1) is 0 Å². The smallest absolute Gasteiger partial charge is 0.251 e. The van der Waals surface area contributed by atoms with Gasteiger partial charge in [-0.05, 0) is 44.0 Å². The number of nitrogens with zero attached hydrogens (tertiary/aromatic N) is 2. The lowest BCUT2D eigenvalue weighted by Crippen LogP contribution is -2.31. The number of anilines is 1. The molecule has 0 aliphatic carbocycles. The fraction of sp³-hybridized carbons (Fsp3) is 0.600. The molecule has 2 rings (SSSR count). The fourth-order valence-corrected chi connectivity index (χ4v) is 2.63. The summed E-state index contributed by atoms with van der Waals surface area (Å²) in [5, 5.41) is 3.02. The number of nitrogen functional groups attached to an aromatic ring is 1. The van der Waals surface area contributed by atoms with Gasteiger partial charge in [0, 0.05) is 24.3 Å². The van der Waals surface area contributed by atoms with Crippen molar-refractivity contribution >= 4 is 11.7 Å². The summed E-state index contributed by atoms with van der Waals surface area (Å²) in [6.07, 6.45) is 1.94. The third-order valence-corrected chi connectivity index (χ3v) is 3.89. The second-order valence-corrected chi connectivity index (χ2v) is 5.38. The van der Waals surface area contributed by atoms with E-state index in [2.05, 4.69) is 22.1 Å². The van der Waals surface area contributed by atoms with Crippen molar-refractivity contribution in [2.45, 2.75) is 26.7 Å². The highest BCUT2D eigenvalue weighted by molar-refractivity contribution is 5.94. The Morgan fingerprint density at radius 2 is 2.30 bits per heavy atom. The van der Waals surface area contributed by atoms with E-state index in [0.29, 0.717) is 17.3 Å². The van der Waals surface area contributed by atoms with Gasteiger partial charge in [-0.15, -0.1) is 0 Å². The van der Waals surface area contributed by atoms with Gasteiger partial charge in [-0.2, -0.15) is 0 Å². The maximum Gasteiger partial charge on any atom is 0.251 e. The average Bonchev–Trinajstić information content (AvgIpc) is 2.92. The monoisotopic (exact) mass is 276 g/mol. The maximum atomic E-state index is 12.2. The van der Waals surface area contributed by atoms with E-state index < -0.39 is 0 Å². The molecular weight excluding hydrogens is 252 g/mol. The second kappa shape index (κ2) is 6.70. The zero-order valence-electron chi connectivity index (χ0n) is 12.4. The number of nitrogens with one attached hydrogen (secondary N) is 1. The Labute approximate surface area is 120 Å². The van der Waals surface area contributed by atoms with Gasteiger partial charge in [0.15, 0.2) is 0 Å². The van der Waals surface area contributed by atoms with Crippen LogP contribution < -0.4 is 11.1 Å². The highest BCUT2D eigenvalue weighted by Crippen LogP contribution is 2.15. The predicted molar refractivity (Wildman–Crippen MR) is 80.6 cm³/mol. The van der Waals surface area contributed by atoms with E-state index in [0.717, 1.165) is 44.7 Å². The first-order chi connectivity index (χ1) is 9.62. The van der Waals surface area contributed by atoms with Crippen LogP contribution in [0.3, 0.4) is 0 Å². The first-order valence-corrected chi connectivity index (χ1v) is 7.39. The minimum absolute atomic E-state index is 0.0521. The topological polar surface area (TPSA) is 71.2 Å². The lowest BCUT2D eigenvalue weighted by molar-refractivity contribution is 0.0947. The number of hydrogen-bond acceptors (Lipinski definition) is 4. The Balaban J connectivity index is 1.90. The van der Waals surface area contributed by atoms with E-state index >= 15 is 0 Å². The van der Waals surface area contributed by atoms with Crippen LogP contribution in [0, 0.1) is 5.92 Å². The van der Waals surface area contributed by atoms with Crippen LogP contribution in [0.2, 0.25) is 0 Å². The normalized spacial score (nSPS) is 19.2. The standard InChI is InChI=1S/C15H24N4O/c1-3-13-7-12(8-14(16)18-13)15(20)17-9-11-5-6-19(4-2)10-11/h7-8,11H,3-6,9-10H2,1-2H3,(H2,16,18)(H,17,20). The van der Waals surface area contributed by atoms with Crippen molar-refractivity contribution in [3.05, 3.63) is 23.4 Å². The third kappa shape index (κ3) is 3.70. The summed E-state index contributed by atoms with van der Waals surface area (Å²) in [4.78, 5) is 18.8. The molecule has 3 N–H and O–H groups in total. The van der Waals surface area contributed by atoms with Crippen molar-refractivity contribution in [1.29, 1.82) is 0 Å². The molecule has 1 amide bonds. The van der Waals surface area contributed by atoms with Gasteiger partial charge in [0.25, 0.3) is 5.91 Å². The van der Waals surface area contributed by atoms with Crippen LogP contribution in [0.15, 0.2) is 12.1 Å². The summed E-state index contributed by atoms with van der Waals surface area (Å²) >= 11 is 0. The predicted octanol–water partition coefficient (Wildman–Crippen LogP) is 1.30. The Morgan fingerprint density at radius 1 is 1.50 bits per heavy atom. The van der Waals surface area contributed by atoms with E-state index in [-0.39, 0.29) is 5.91 Å². The highest BCUT2D eigenvalue weighted by Gasteiger charge is 2.21. The van der Waals surface area contributed by atoms with Crippen molar-refractivity contribution in [2.24, 2.45) is 5.92 Å². The first-order valence-electron chi connectivity index (χ1n) is 7.39. The van der Waals surface area contributed by atoms with Crippen molar-refractivity contribution in [3.63, 3.8) is 0 Å². The summed E-state index contributed by atoms with van der Waals surface area (Å²) in [7, 11) is 0. The molecule has 1 atom stereocenters. The molecule has 0 radical (unpaired) electrons. The molecule has 2 heterocycles. The number of carbonyl (C=O) groups excluding carboxylic acids is 1. The molecule has 1 unspecified atom stereocenters. The number of carbonyl (C=O) groups is 1. The zero-order valence-corrected chi connectivity index (χ0v) is 12.4. The first kappa shape index (κ1) is 14.8. The number of aromatic nitrogens is 1. The molecule has 0 aromatic carbocycles. The molecule has 5 nitrogen and oxygen atoms in total. The maximum absolute atomic E-state index is 12.2. The minimum Gasteiger partial charge on any atom is -0.384 e. The van der Waals surface area contributed by atoms with Gasteiger partial charge in [-0.3, -0.25) is 4.79 Å². The van der Waals surface area contributed by atoms with Crippen LogP contribution >= 0.6 is 0 Å². The molecule has 0 saturated carbocycles. The number of pyridine rings is 1. The average molecular weight is 276 g/mol. The van der Waals surface area contributed by atoms with Gasteiger partial charge in [-0.25, -0.2) is 4.98 Å². The Morgan fingerprint density at radius 3 is 2.95 bits per heavy atom. The molecular formula is C15H24N4O. The van der Waals surface area contributed by atoms with E-state index in [1.165, 1.54) is 0 Å². The van der Waals surface area contributed by atoms with E-state index in [4.69, 9.17) is 5.73 Å². The quantitative estimate of drug-likeness (QED) is 0.850. The third-order valence-electron chi connectivity index (χ3n) is 3.89. The summed E-state index contributed by atoms with van der Waals surface area (Å²) < 4.78 is 0. The highest BCUT2D eigenvalue weighted by atomic mass is 16.1. The number of likely N-dealkylation sites (tertiary alicyclic amines) is 1.